The van der Waals surface area contributed by atoms with Gasteiger partial charge in [-0.1, -0.05) is 6.92 Å². The number of rotatable bonds is 2. The van der Waals surface area contributed by atoms with Crippen molar-refractivity contribution < 1.29 is 0 Å². The van der Waals surface area contributed by atoms with Gasteiger partial charge in [0.1, 0.15) is 5.79 Å². The zero-order valence-corrected chi connectivity index (χ0v) is 13.6. The van der Waals surface area contributed by atoms with Gasteiger partial charge in [0, 0.05) is 25.2 Å². The van der Waals surface area contributed by atoms with Crippen LogP contribution in [0.15, 0.2) is 0 Å². The topological polar surface area (TPSA) is 13.0 Å². The second-order valence-electron chi connectivity index (χ2n) is 6.14. The van der Waals surface area contributed by atoms with Crippen LogP contribution in [0.2, 0.25) is 0 Å². The Morgan fingerprint density at radius 2 is 1.44 bits per heavy atom. The van der Waals surface area contributed by atoms with Crippen molar-refractivity contribution in [1.82, 2.24) is 19.6 Å². The molecule has 2 atom stereocenters. The molecule has 1 heterocycles. The van der Waals surface area contributed by atoms with Gasteiger partial charge in [-0.2, -0.15) is 0 Å². The van der Waals surface area contributed by atoms with Crippen LogP contribution in [0, 0.1) is 0 Å². The summed E-state index contributed by atoms with van der Waals surface area (Å²) in [6.07, 6.45) is 0. The minimum absolute atomic E-state index is 0.0291. The Bertz CT molecular complexity index is 249. The van der Waals surface area contributed by atoms with E-state index >= 15 is 0 Å². The van der Waals surface area contributed by atoms with Crippen molar-refractivity contribution in [2.45, 2.75) is 45.6 Å². The summed E-state index contributed by atoms with van der Waals surface area (Å²) < 4.78 is 0. The fraction of sp³-hybridized carbons (Fsp3) is 1.00. The second-order valence-corrected chi connectivity index (χ2v) is 6.14. The number of hydrogen-bond donors (Lipinski definition) is 0. The highest BCUT2D eigenvalue weighted by Gasteiger charge is 2.42. The van der Waals surface area contributed by atoms with Crippen LogP contribution in [-0.2, 0) is 0 Å². The van der Waals surface area contributed by atoms with Gasteiger partial charge in [0.05, 0.1) is 0 Å². The van der Waals surface area contributed by atoms with Gasteiger partial charge in [-0.3, -0.25) is 14.7 Å². The monoisotopic (exact) mass is 256 g/mol. The molecule has 1 fully saturated rings. The third-order valence-electron chi connectivity index (χ3n) is 5.00. The van der Waals surface area contributed by atoms with Crippen LogP contribution in [0.25, 0.3) is 0 Å². The first-order valence-electron chi connectivity index (χ1n) is 7.10. The molecular formula is C14H32N4. The van der Waals surface area contributed by atoms with E-state index in [2.05, 4.69) is 75.5 Å². The maximum Gasteiger partial charge on any atom is 0.127 e. The van der Waals surface area contributed by atoms with Crippen molar-refractivity contribution in [2.75, 3.05) is 47.8 Å². The van der Waals surface area contributed by atoms with E-state index in [-0.39, 0.29) is 5.79 Å². The van der Waals surface area contributed by atoms with E-state index in [0.717, 1.165) is 19.6 Å². The molecule has 0 spiro atoms. The zero-order valence-electron chi connectivity index (χ0n) is 13.6. The summed E-state index contributed by atoms with van der Waals surface area (Å²) in [6.45, 7) is 12.7. The van der Waals surface area contributed by atoms with Gasteiger partial charge in [-0.25, -0.2) is 0 Å². The molecule has 1 aliphatic rings. The predicted molar refractivity (Wildman–Crippen MR) is 78.7 cm³/mol. The minimum atomic E-state index is -0.0291. The van der Waals surface area contributed by atoms with Crippen LogP contribution in [-0.4, -0.2) is 85.3 Å². The van der Waals surface area contributed by atoms with Crippen LogP contribution in [0.3, 0.4) is 0 Å². The Labute approximate surface area is 114 Å². The molecule has 1 rings (SSSR count). The van der Waals surface area contributed by atoms with Crippen molar-refractivity contribution in [3.63, 3.8) is 0 Å². The van der Waals surface area contributed by atoms with Crippen molar-refractivity contribution in [3.8, 4) is 0 Å². The SMILES string of the molecule is CCN1CC(C)N(C)C(C)(N(C)C)N(C)C(C)C1. The third-order valence-corrected chi connectivity index (χ3v) is 5.00. The van der Waals surface area contributed by atoms with Crippen LogP contribution < -0.4 is 0 Å². The molecule has 18 heavy (non-hydrogen) atoms. The number of likely N-dealkylation sites (N-methyl/N-ethyl adjacent to an activating group) is 3. The van der Waals surface area contributed by atoms with Crippen molar-refractivity contribution in [3.05, 3.63) is 0 Å². The molecule has 0 saturated carbocycles. The molecule has 0 aromatic heterocycles. The Balaban J connectivity index is 3.06. The summed E-state index contributed by atoms with van der Waals surface area (Å²) in [6, 6.07) is 1.10. The first-order valence-corrected chi connectivity index (χ1v) is 7.10. The maximum absolute atomic E-state index is 2.55. The van der Waals surface area contributed by atoms with Crippen molar-refractivity contribution >= 4 is 0 Å². The fourth-order valence-electron chi connectivity index (χ4n) is 3.04. The Hall–Kier alpha value is -0.160. The summed E-state index contributed by atoms with van der Waals surface area (Å²) in [5, 5.41) is 0. The van der Waals surface area contributed by atoms with Gasteiger partial charge in [-0.15, -0.1) is 0 Å². The van der Waals surface area contributed by atoms with Crippen LogP contribution in [0.5, 0.6) is 0 Å². The summed E-state index contributed by atoms with van der Waals surface area (Å²) in [5.74, 6) is -0.0291. The lowest BCUT2D eigenvalue weighted by molar-refractivity contribution is -0.161. The summed E-state index contributed by atoms with van der Waals surface area (Å²) in [5.41, 5.74) is 0. The van der Waals surface area contributed by atoms with Crippen LogP contribution in [0.4, 0.5) is 0 Å². The first-order chi connectivity index (χ1) is 8.25. The van der Waals surface area contributed by atoms with Crippen molar-refractivity contribution in [2.24, 2.45) is 0 Å². The van der Waals surface area contributed by atoms with E-state index in [1.807, 2.05) is 0 Å². The number of hydrogen-bond acceptors (Lipinski definition) is 4. The standard InChI is InChI=1S/C14H32N4/c1-9-18-10-12(2)16(7)14(4,15(5)6)17(8)13(3)11-18/h12-13H,9-11H2,1-8H3. The first kappa shape index (κ1) is 15.9. The van der Waals surface area contributed by atoms with Gasteiger partial charge in [-0.05, 0) is 55.5 Å². The van der Waals surface area contributed by atoms with Gasteiger partial charge in [0.2, 0.25) is 0 Å². The molecule has 108 valence electrons. The molecule has 0 N–H and O–H groups in total. The molecular weight excluding hydrogens is 224 g/mol. The Morgan fingerprint density at radius 1 is 1.06 bits per heavy atom. The molecule has 1 saturated heterocycles. The predicted octanol–water partition coefficient (Wildman–Crippen LogP) is 1.20. The van der Waals surface area contributed by atoms with Gasteiger partial charge >= 0.3 is 0 Å². The summed E-state index contributed by atoms with van der Waals surface area (Å²) >= 11 is 0. The average Bonchev–Trinajstić information content (AvgIpc) is 2.33. The van der Waals surface area contributed by atoms with E-state index in [9.17, 15) is 0 Å². The average molecular weight is 256 g/mol. The summed E-state index contributed by atoms with van der Waals surface area (Å²) in [4.78, 5) is 9.86. The summed E-state index contributed by atoms with van der Waals surface area (Å²) in [7, 11) is 8.83. The van der Waals surface area contributed by atoms with E-state index in [0.29, 0.717) is 12.1 Å². The molecule has 0 aliphatic carbocycles. The molecule has 0 aromatic rings. The highest BCUT2D eigenvalue weighted by atomic mass is 15.6. The lowest BCUT2D eigenvalue weighted by Gasteiger charge is -2.56. The fourth-order valence-corrected chi connectivity index (χ4v) is 3.04. The molecule has 1 aliphatic heterocycles. The largest absolute Gasteiger partial charge is 0.301 e. The minimum Gasteiger partial charge on any atom is -0.301 e. The molecule has 0 radical (unpaired) electrons. The second kappa shape index (κ2) is 5.87. The van der Waals surface area contributed by atoms with E-state index < -0.39 is 0 Å². The Kier molecular flexibility index (Phi) is 5.18. The highest BCUT2D eigenvalue weighted by Crippen LogP contribution is 2.27. The van der Waals surface area contributed by atoms with E-state index in [1.54, 1.807) is 0 Å². The molecule has 0 amide bonds. The Morgan fingerprint density at radius 3 is 1.72 bits per heavy atom. The molecule has 4 heteroatoms. The lowest BCUT2D eigenvalue weighted by Crippen LogP contribution is -2.71. The smallest absolute Gasteiger partial charge is 0.127 e. The molecule has 0 aromatic carbocycles. The van der Waals surface area contributed by atoms with E-state index in [1.165, 1.54) is 0 Å². The maximum atomic E-state index is 2.55. The van der Waals surface area contributed by atoms with E-state index in [4.69, 9.17) is 0 Å². The normalized spacial score (nSPS) is 37.8. The highest BCUT2D eigenvalue weighted by molar-refractivity contribution is 4.90. The van der Waals surface area contributed by atoms with Crippen LogP contribution >= 0.6 is 0 Å². The third kappa shape index (κ3) is 2.72. The van der Waals surface area contributed by atoms with Crippen LogP contribution in [0.1, 0.15) is 27.7 Å². The molecule has 2 unspecified atom stereocenters. The molecule has 4 nitrogen and oxygen atoms in total. The quantitative estimate of drug-likeness (QED) is 0.736. The lowest BCUT2D eigenvalue weighted by atomic mass is 10.1. The molecule has 0 bridgehead atoms. The van der Waals surface area contributed by atoms with Gasteiger partial charge in [0.15, 0.2) is 0 Å². The number of nitrogens with zero attached hydrogens (tertiary/aromatic N) is 4. The zero-order chi connectivity index (χ0) is 14.1. The van der Waals surface area contributed by atoms with Gasteiger partial charge in [0.25, 0.3) is 0 Å². The van der Waals surface area contributed by atoms with Crippen molar-refractivity contribution in [1.29, 1.82) is 0 Å². The van der Waals surface area contributed by atoms with Gasteiger partial charge < -0.3 is 4.90 Å².